The van der Waals surface area contributed by atoms with Gasteiger partial charge in [-0.3, -0.25) is 0 Å². The van der Waals surface area contributed by atoms with Gasteiger partial charge in [0.05, 0.1) is 0 Å². The highest BCUT2D eigenvalue weighted by Crippen LogP contribution is 1.83. The lowest BCUT2D eigenvalue weighted by molar-refractivity contribution is 0.632. The van der Waals surface area contributed by atoms with E-state index in [2.05, 4.69) is 26.7 Å². The normalized spacial score (nSPS) is 13.1. The summed E-state index contributed by atoms with van der Waals surface area (Å²) in [7, 11) is 2.17. The third kappa shape index (κ3) is 3.94. The quantitative estimate of drug-likeness (QED) is 0.403. The third-order valence-electron chi connectivity index (χ3n) is 1.22. The second-order valence-electron chi connectivity index (χ2n) is 2.01. The molecule has 0 aromatic rings. The summed E-state index contributed by atoms with van der Waals surface area (Å²) < 4.78 is 0. The summed E-state index contributed by atoms with van der Waals surface area (Å²) >= 11 is 0. The average molecular weight is 111 g/mol. The van der Waals surface area contributed by atoms with Gasteiger partial charge in [0.1, 0.15) is 7.85 Å². The second-order valence-corrected chi connectivity index (χ2v) is 2.01. The molecule has 2 heteroatoms. The third-order valence-corrected chi connectivity index (χ3v) is 1.22. The molecule has 0 aliphatic rings. The zero-order valence-corrected chi connectivity index (χ0v) is 5.78. The van der Waals surface area contributed by atoms with Crippen molar-refractivity contribution in [1.29, 1.82) is 0 Å². The van der Waals surface area contributed by atoms with E-state index in [9.17, 15) is 0 Å². The maximum absolute atomic E-state index is 3.60. The summed E-state index contributed by atoms with van der Waals surface area (Å²) in [6.07, 6.45) is 3.07. The van der Waals surface area contributed by atoms with Crippen molar-refractivity contribution in [3.05, 3.63) is 12.7 Å². The molecule has 1 nitrogen and oxygen atoms in total. The van der Waals surface area contributed by atoms with Crippen molar-refractivity contribution < 1.29 is 0 Å². The van der Waals surface area contributed by atoms with Crippen LogP contribution in [0.1, 0.15) is 6.92 Å². The molecule has 1 atom stereocenters. The minimum Gasteiger partial charge on any atom is -0.312 e. The van der Waals surface area contributed by atoms with Crippen molar-refractivity contribution >= 4 is 7.85 Å². The topological polar surface area (TPSA) is 12.0 Å². The van der Waals surface area contributed by atoms with E-state index in [4.69, 9.17) is 0 Å². The first-order valence-electron chi connectivity index (χ1n) is 3.15. The van der Waals surface area contributed by atoms with Crippen LogP contribution in [-0.4, -0.2) is 20.4 Å². The molecule has 0 aromatic carbocycles. The fourth-order valence-electron chi connectivity index (χ4n) is 0.429. The van der Waals surface area contributed by atoms with Crippen LogP contribution in [0.5, 0.6) is 0 Å². The monoisotopic (exact) mass is 111 g/mol. The highest BCUT2D eigenvalue weighted by molar-refractivity contribution is 6.08. The molecule has 0 unspecified atom stereocenters. The largest absolute Gasteiger partial charge is 0.312 e. The van der Waals surface area contributed by atoms with Crippen LogP contribution in [0.15, 0.2) is 12.7 Å². The lowest BCUT2D eigenvalue weighted by Crippen LogP contribution is -2.25. The second kappa shape index (κ2) is 4.91. The molecule has 0 aromatic heterocycles. The standard InChI is InChI=1S/C6H14BN/c1-3-4-8-6(2)5-7/h3,6,8H,1,4-5,7H2,2H3/t6-/m0/s1. The molecule has 0 amide bonds. The van der Waals surface area contributed by atoms with Gasteiger partial charge >= 0.3 is 0 Å². The highest BCUT2D eigenvalue weighted by atomic mass is 14.9. The number of nitrogens with one attached hydrogen (secondary N) is 1. The summed E-state index contributed by atoms with van der Waals surface area (Å²) in [5, 5.41) is 3.26. The van der Waals surface area contributed by atoms with Gasteiger partial charge < -0.3 is 5.32 Å². The van der Waals surface area contributed by atoms with E-state index in [0.29, 0.717) is 6.04 Å². The number of rotatable bonds is 4. The molecule has 0 aliphatic carbocycles. The summed E-state index contributed by atoms with van der Waals surface area (Å²) in [4.78, 5) is 0. The van der Waals surface area contributed by atoms with E-state index in [-0.39, 0.29) is 0 Å². The molecule has 0 saturated carbocycles. The number of hydrogen-bond donors (Lipinski definition) is 1. The molecular weight excluding hydrogens is 96.9 g/mol. The van der Waals surface area contributed by atoms with Crippen LogP contribution >= 0.6 is 0 Å². The molecule has 46 valence electrons. The summed E-state index contributed by atoms with van der Waals surface area (Å²) in [5.41, 5.74) is 0. The first kappa shape index (κ1) is 7.76. The van der Waals surface area contributed by atoms with Crippen molar-refractivity contribution in [2.75, 3.05) is 6.54 Å². The van der Waals surface area contributed by atoms with Crippen LogP contribution in [0.25, 0.3) is 0 Å². The van der Waals surface area contributed by atoms with Crippen LogP contribution in [0.2, 0.25) is 6.32 Å². The fourth-order valence-corrected chi connectivity index (χ4v) is 0.429. The van der Waals surface area contributed by atoms with Crippen molar-refractivity contribution in [1.82, 2.24) is 5.32 Å². The van der Waals surface area contributed by atoms with Crippen LogP contribution in [0.3, 0.4) is 0 Å². The Bertz CT molecular complexity index is 63.5. The maximum Gasteiger partial charge on any atom is 0.103 e. The van der Waals surface area contributed by atoms with Gasteiger partial charge in [0.2, 0.25) is 0 Å². The van der Waals surface area contributed by atoms with Crippen LogP contribution in [0.4, 0.5) is 0 Å². The summed E-state index contributed by atoms with van der Waals surface area (Å²) in [6.45, 7) is 6.70. The first-order chi connectivity index (χ1) is 3.81. The van der Waals surface area contributed by atoms with E-state index in [1.54, 1.807) is 0 Å². The Labute approximate surface area is 52.6 Å². The Morgan fingerprint density at radius 2 is 2.50 bits per heavy atom. The van der Waals surface area contributed by atoms with Gasteiger partial charge in [-0.1, -0.05) is 19.3 Å². The van der Waals surface area contributed by atoms with Crippen molar-refractivity contribution in [3.63, 3.8) is 0 Å². The Morgan fingerprint density at radius 1 is 1.88 bits per heavy atom. The van der Waals surface area contributed by atoms with E-state index in [0.717, 1.165) is 6.54 Å². The maximum atomic E-state index is 3.60. The van der Waals surface area contributed by atoms with Gasteiger partial charge in [-0.05, 0) is 6.04 Å². The fraction of sp³-hybridized carbons (Fsp3) is 0.667. The van der Waals surface area contributed by atoms with E-state index in [1.165, 1.54) is 6.32 Å². The van der Waals surface area contributed by atoms with E-state index in [1.807, 2.05) is 6.08 Å². The van der Waals surface area contributed by atoms with Gasteiger partial charge in [-0.15, -0.1) is 6.58 Å². The van der Waals surface area contributed by atoms with Gasteiger partial charge in [-0.25, -0.2) is 0 Å². The van der Waals surface area contributed by atoms with Crippen LogP contribution in [0, 0.1) is 0 Å². The highest BCUT2D eigenvalue weighted by Gasteiger charge is 1.91. The van der Waals surface area contributed by atoms with Gasteiger partial charge in [0, 0.05) is 6.54 Å². The molecule has 0 aliphatic heterocycles. The van der Waals surface area contributed by atoms with E-state index >= 15 is 0 Å². The molecule has 1 N–H and O–H groups in total. The predicted octanol–water partition coefficient (Wildman–Crippen LogP) is 0.202. The van der Waals surface area contributed by atoms with Crippen molar-refractivity contribution in [2.24, 2.45) is 0 Å². The van der Waals surface area contributed by atoms with Gasteiger partial charge in [0.15, 0.2) is 0 Å². The van der Waals surface area contributed by atoms with Gasteiger partial charge in [-0.2, -0.15) is 0 Å². The van der Waals surface area contributed by atoms with Crippen LogP contribution < -0.4 is 5.32 Å². The average Bonchev–Trinajstić information content (AvgIpc) is 1.83. The summed E-state index contributed by atoms with van der Waals surface area (Å²) in [5.74, 6) is 0. The first-order valence-corrected chi connectivity index (χ1v) is 3.15. The van der Waals surface area contributed by atoms with E-state index < -0.39 is 0 Å². The molecule has 0 saturated heterocycles. The molecule has 0 fully saturated rings. The van der Waals surface area contributed by atoms with Crippen molar-refractivity contribution in [2.45, 2.75) is 19.3 Å². The molecule has 0 heterocycles. The lowest BCUT2D eigenvalue weighted by Gasteiger charge is -2.07. The molecule has 0 rings (SSSR count). The Morgan fingerprint density at radius 3 is 2.88 bits per heavy atom. The zero-order valence-electron chi connectivity index (χ0n) is 5.78. The molecule has 8 heavy (non-hydrogen) atoms. The smallest absolute Gasteiger partial charge is 0.103 e. The lowest BCUT2D eigenvalue weighted by atomic mass is 9.99. The minimum absolute atomic E-state index is 0.632. The Balaban J connectivity index is 2.97. The Hall–Kier alpha value is -0.235. The summed E-state index contributed by atoms with van der Waals surface area (Å²) in [6, 6.07) is 0.632. The SMILES string of the molecule is BC[C@H](C)NCC=C. The number of hydrogen-bond acceptors (Lipinski definition) is 1. The van der Waals surface area contributed by atoms with Gasteiger partial charge in [0.25, 0.3) is 0 Å². The predicted molar refractivity (Wildman–Crippen MR) is 41.0 cm³/mol. The van der Waals surface area contributed by atoms with Crippen molar-refractivity contribution in [3.8, 4) is 0 Å². The molecule has 0 radical (unpaired) electrons. The zero-order chi connectivity index (χ0) is 6.41. The van der Waals surface area contributed by atoms with Crippen LogP contribution in [-0.2, 0) is 0 Å². The molecular formula is C6H14BN. The Kier molecular flexibility index (Phi) is 4.77. The molecule has 0 spiro atoms. The minimum atomic E-state index is 0.632. The molecule has 0 bridgehead atoms.